The summed E-state index contributed by atoms with van der Waals surface area (Å²) in [4.78, 5) is 51.1. The van der Waals surface area contributed by atoms with Gasteiger partial charge in [0, 0.05) is 87.0 Å². The van der Waals surface area contributed by atoms with E-state index in [2.05, 4.69) is 20.0 Å². The summed E-state index contributed by atoms with van der Waals surface area (Å²) in [6, 6.07) is 30.0. The van der Waals surface area contributed by atoms with Gasteiger partial charge in [0.1, 0.15) is 11.5 Å². The molecule has 5 aromatic rings. The Morgan fingerprint density at radius 3 is 1.50 bits per heavy atom. The van der Waals surface area contributed by atoms with Crippen LogP contribution in [0.4, 0.5) is 29.7 Å². The normalized spacial score (nSPS) is 16.9. The molecule has 0 atom stereocenters. The molecule has 2 N–H and O–H groups in total. The molecule has 360 valence electrons. The molecular weight excluding hydrogens is 881 g/mol. The van der Waals surface area contributed by atoms with Gasteiger partial charge in [-0.3, -0.25) is 24.4 Å². The molecule has 4 saturated heterocycles. The number of halogens is 2. The number of ketones is 1. The summed E-state index contributed by atoms with van der Waals surface area (Å²) in [6.45, 7) is 9.72. The molecule has 1 aromatic heterocycles. The number of ether oxygens (including phenoxy) is 4. The van der Waals surface area contributed by atoms with Crippen LogP contribution in [0.5, 0.6) is 11.5 Å². The molecule has 4 aromatic carbocycles. The number of urea groups is 2. The van der Waals surface area contributed by atoms with Crippen molar-refractivity contribution in [3.05, 3.63) is 120 Å². The molecule has 5 heterocycles. The van der Waals surface area contributed by atoms with E-state index in [4.69, 9.17) is 29.1 Å². The zero-order valence-electron chi connectivity index (χ0n) is 38.3. The minimum absolute atomic E-state index is 0.0207. The molecule has 0 unspecified atom stereocenters. The number of piperazine rings is 2. The maximum atomic E-state index is 13.7. The van der Waals surface area contributed by atoms with Gasteiger partial charge in [-0.25, -0.2) is 9.59 Å². The lowest BCUT2D eigenvalue weighted by Gasteiger charge is -2.43. The Labute approximate surface area is 393 Å². The lowest BCUT2D eigenvalue weighted by molar-refractivity contribution is -0.0738. The van der Waals surface area contributed by atoms with Crippen LogP contribution in [0.2, 0.25) is 0 Å². The molecule has 19 heteroatoms. The number of hydrogen-bond donors (Lipinski definition) is 1. The van der Waals surface area contributed by atoms with Crippen molar-refractivity contribution in [3.8, 4) is 23.0 Å². The molecular formula is C49H57F2N9O8. The second-order valence-corrected chi connectivity index (χ2v) is 16.8. The van der Waals surface area contributed by atoms with E-state index in [1.165, 1.54) is 0 Å². The first kappa shape index (κ1) is 48.0. The Kier molecular flexibility index (Phi) is 15.9. The molecule has 17 nitrogen and oxygen atoms in total. The fraction of sp³-hybridized carbons (Fsp3) is 0.408. The summed E-state index contributed by atoms with van der Waals surface area (Å²) in [5.74, 6) is 0.550. The highest BCUT2D eigenvalue weighted by Crippen LogP contribution is 2.29. The zero-order chi connectivity index (χ0) is 47.6. The number of benzene rings is 4. The number of rotatable bonds is 14. The van der Waals surface area contributed by atoms with Gasteiger partial charge >= 0.3 is 18.5 Å². The first-order chi connectivity index (χ1) is 33.1. The summed E-state index contributed by atoms with van der Waals surface area (Å²) < 4.78 is 51.9. The van der Waals surface area contributed by atoms with Crippen molar-refractivity contribution in [2.75, 3.05) is 109 Å². The van der Waals surface area contributed by atoms with Gasteiger partial charge in [0.25, 0.3) is 5.89 Å². The molecule has 0 bridgehead atoms. The SMILES string of the molecule is COc1cccc(N(Cc2ccc(-c3nnc(C(F)F)o3)cc2)C(=O)N2CCN(C3COC3)CC2)c1.COc1cccc(N(Cc2ccc(C(=O)CN)cc2)C(=O)N2CCN(C3COC3)CC2)c1. The van der Waals surface area contributed by atoms with E-state index >= 15 is 0 Å². The maximum absolute atomic E-state index is 13.7. The van der Waals surface area contributed by atoms with E-state index in [0.717, 1.165) is 75.1 Å². The number of carbonyl (C=O) groups excluding carboxylic acids is 3. The number of aromatic nitrogens is 2. The molecule has 0 spiro atoms. The lowest BCUT2D eigenvalue weighted by atomic mass is 10.1. The third kappa shape index (κ3) is 11.6. The number of nitrogens with zero attached hydrogens (tertiary/aromatic N) is 8. The topological polar surface area (TPSA) is 173 Å². The van der Waals surface area contributed by atoms with Crippen molar-refractivity contribution in [3.63, 3.8) is 0 Å². The van der Waals surface area contributed by atoms with Gasteiger partial charge < -0.3 is 38.9 Å². The zero-order valence-corrected chi connectivity index (χ0v) is 38.3. The summed E-state index contributed by atoms with van der Waals surface area (Å²) in [5.41, 5.74) is 9.83. The maximum Gasteiger partial charge on any atom is 0.324 e. The number of amides is 4. The summed E-state index contributed by atoms with van der Waals surface area (Å²) in [5, 5.41) is 7.06. The molecule has 0 aliphatic carbocycles. The number of alkyl halides is 2. The largest absolute Gasteiger partial charge is 0.497 e. The molecule has 9 rings (SSSR count). The Morgan fingerprint density at radius 1 is 0.662 bits per heavy atom. The standard InChI is InChI=1S/C25H27F2N5O4.C24H30N4O4/c1-34-21-4-2-3-19(13-21)32(25(33)31-11-9-30(10-12-31)20-15-35-16-20)14-17-5-7-18(8-6-17)23-28-29-24(36-23)22(26)27;1-31-22-4-2-3-20(13-22)28(15-18-5-7-19(8-6-18)23(29)14-25)24(30)27-11-9-26(10-12-27)21-16-32-17-21/h2-8,13,20,22H,9-12,14-16H2,1H3;2-8,13,21H,9-12,14-17,25H2,1H3. The quantitative estimate of drug-likeness (QED) is 0.133. The Bertz CT molecular complexity index is 2450. The van der Waals surface area contributed by atoms with E-state index in [-0.39, 0.29) is 30.3 Å². The van der Waals surface area contributed by atoms with Crippen molar-refractivity contribution in [1.29, 1.82) is 0 Å². The van der Waals surface area contributed by atoms with Crippen LogP contribution in [0.25, 0.3) is 11.5 Å². The minimum atomic E-state index is -2.82. The first-order valence-corrected chi connectivity index (χ1v) is 22.7. The van der Waals surface area contributed by atoms with Gasteiger partial charge in [-0.15, -0.1) is 10.2 Å². The van der Waals surface area contributed by atoms with Crippen LogP contribution in [-0.2, 0) is 22.6 Å². The van der Waals surface area contributed by atoms with Gasteiger partial charge in [-0.1, -0.05) is 48.5 Å². The van der Waals surface area contributed by atoms with Gasteiger partial charge in [0.05, 0.1) is 72.4 Å². The second kappa shape index (κ2) is 22.5. The average molecular weight is 938 g/mol. The van der Waals surface area contributed by atoms with E-state index in [9.17, 15) is 23.2 Å². The number of carbonyl (C=O) groups is 3. The Hall–Kier alpha value is -6.51. The molecule has 0 saturated carbocycles. The van der Waals surface area contributed by atoms with Crippen LogP contribution < -0.4 is 25.0 Å². The monoisotopic (exact) mass is 937 g/mol. The van der Waals surface area contributed by atoms with E-state index in [1.54, 1.807) is 48.3 Å². The van der Waals surface area contributed by atoms with E-state index in [0.29, 0.717) is 74.0 Å². The highest BCUT2D eigenvalue weighted by Gasteiger charge is 2.34. The van der Waals surface area contributed by atoms with Crippen LogP contribution in [0, 0.1) is 0 Å². The molecule has 4 amide bonds. The Balaban J connectivity index is 0.000000185. The molecule has 4 aliphatic heterocycles. The summed E-state index contributed by atoms with van der Waals surface area (Å²) in [6.07, 6.45) is -2.82. The van der Waals surface area contributed by atoms with Crippen molar-refractivity contribution in [2.24, 2.45) is 5.73 Å². The lowest BCUT2D eigenvalue weighted by Crippen LogP contribution is -2.59. The molecule has 4 fully saturated rings. The van der Waals surface area contributed by atoms with Gasteiger partial charge in [-0.05, 0) is 47.5 Å². The predicted octanol–water partition coefficient (Wildman–Crippen LogP) is 5.81. The molecule has 68 heavy (non-hydrogen) atoms. The number of hydrogen-bond acceptors (Lipinski definition) is 13. The highest BCUT2D eigenvalue weighted by molar-refractivity contribution is 5.97. The van der Waals surface area contributed by atoms with Crippen molar-refractivity contribution in [1.82, 2.24) is 29.8 Å². The van der Waals surface area contributed by atoms with Crippen molar-refractivity contribution >= 4 is 29.2 Å². The Morgan fingerprint density at radius 2 is 1.12 bits per heavy atom. The molecule has 0 radical (unpaired) electrons. The van der Waals surface area contributed by atoms with Crippen LogP contribution >= 0.6 is 0 Å². The van der Waals surface area contributed by atoms with Crippen molar-refractivity contribution in [2.45, 2.75) is 31.6 Å². The molecule has 4 aliphatic rings. The van der Waals surface area contributed by atoms with Crippen LogP contribution in [0.3, 0.4) is 0 Å². The van der Waals surface area contributed by atoms with E-state index < -0.39 is 12.3 Å². The highest BCUT2D eigenvalue weighted by atomic mass is 19.3. The summed E-state index contributed by atoms with van der Waals surface area (Å²) in [7, 11) is 3.20. The average Bonchev–Trinajstić information content (AvgIpc) is 3.86. The van der Waals surface area contributed by atoms with E-state index in [1.807, 2.05) is 82.6 Å². The number of anilines is 2. The smallest absolute Gasteiger partial charge is 0.324 e. The second-order valence-electron chi connectivity index (χ2n) is 16.8. The van der Waals surface area contributed by atoms with Crippen LogP contribution in [-0.4, -0.2) is 159 Å². The first-order valence-electron chi connectivity index (χ1n) is 22.7. The fourth-order valence-electron chi connectivity index (χ4n) is 8.33. The summed E-state index contributed by atoms with van der Waals surface area (Å²) >= 11 is 0. The predicted molar refractivity (Wildman–Crippen MR) is 249 cm³/mol. The number of nitrogens with two attached hydrogens (primary N) is 1. The van der Waals surface area contributed by atoms with Gasteiger partial charge in [0.2, 0.25) is 5.89 Å². The fourth-order valence-corrected chi connectivity index (χ4v) is 8.33. The number of Topliss-reactive ketones (excluding diaryl/α,β-unsaturated/α-hetero) is 1. The van der Waals surface area contributed by atoms with Crippen LogP contribution in [0.15, 0.2) is 101 Å². The van der Waals surface area contributed by atoms with Crippen molar-refractivity contribution < 1.29 is 46.5 Å². The third-order valence-electron chi connectivity index (χ3n) is 12.6. The van der Waals surface area contributed by atoms with Gasteiger partial charge in [-0.2, -0.15) is 8.78 Å². The third-order valence-corrected chi connectivity index (χ3v) is 12.6. The van der Waals surface area contributed by atoms with Gasteiger partial charge in [0.15, 0.2) is 5.78 Å². The minimum Gasteiger partial charge on any atom is -0.497 e. The van der Waals surface area contributed by atoms with Crippen LogP contribution in [0.1, 0.15) is 33.8 Å². The number of methoxy groups -OCH3 is 2.